The van der Waals surface area contributed by atoms with Crippen molar-refractivity contribution < 1.29 is 19.1 Å². The van der Waals surface area contributed by atoms with Crippen LogP contribution < -0.4 is 10.6 Å². The number of aromatic amines is 1. The van der Waals surface area contributed by atoms with Crippen LogP contribution in [0.4, 0.5) is 10.5 Å². The maximum atomic E-state index is 12.4. The van der Waals surface area contributed by atoms with Gasteiger partial charge in [0.2, 0.25) is 0 Å². The normalized spacial score (nSPS) is 12.5. The lowest BCUT2D eigenvalue weighted by Gasteiger charge is -2.23. The molecule has 0 saturated carbocycles. The summed E-state index contributed by atoms with van der Waals surface area (Å²) in [5.41, 5.74) is 2.06. The average molecular weight is 440 g/mol. The molecule has 2 aromatic rings. The number of anilines is 1. The Morgan fingerprint density at radius 1 is 1.30 bits per heavy atom. The smallest absolute Gasteiger partial charge is 0.408 e. The Hall–Kier alpha value is -2.22. The Morgan fingerprint density at radius 3 is 2.59 bits per heavy atom. The number of hydrogen-bond donors (Lipinski definition) is 3. The van der Waals surface area contributed by atoms with Gasteiger partial charge in [-0.3, -0.25) is 0 Å². The van der Waals surface area contributed by atoms with E-state index >= 15 is 0 Å². The van der Waals surface area contributed by atoms with Gasteiger partial charge in [0, 0.05) is 40.7 Å². The summed E-state index contributed by atoms with van der Waals surface area (Å²) < 4.78 is 11.3. The molecular formula is C19H26BrN3O4. The second-order valence-electron chi connectivity index (χ2n) is 7.09. The van der Waals surface area contributed by atoms with E-state index < -0.39 is 23.7 Å². The van der Waals surface area contributed by atoms with Gasteiger partial charge in [0.25, 0.3) is 0 Å². The SMILES string of the molecule is CCOC(=O)C(Cc1c[nH]c2cc(Br)cc(NC)c12)NC(=O)OC(C)(C)C. The summed E-state index contributed by atoms with van der Waals surface area (Å²) in [6, 6.07) is 3.06. The number of alkyl carbamates (subject to hydrolysis) is 1. The van der Waals surface area contributed by atoms with E-state index in [0.29, 0.717) is 0 Å². The predicted molar refractivity (Wildman–Crippen MR) is 109 cm³/mol. The molecule has 8 heteroatoms. The van der Waals surface area contributed by atoms with Gasteiger partial charge in [0.05, 0.1) is 6.61 Å². The number of halogens is 1. The molecule has 0 spiro atoms. The van der Waals surface area contributed by atoms with E-state index in [-0.39, 0.29) is 13.0 Å². The zero-order chi connectivity index (χ0) is 20.2. The number of carbonyl (C=O) groups excluding carboxylic acids is 2. The molecule has 3 N–H and O–H groups in total. The van der Waals surface area contributed by atoms with Crippen LogP contribution in [0.5, 0.6) is 0 Å². The molecule has 1 atom stereocenters. The van der Waals surface area contributed by atoms with Crippen molar-refractivity contribution in [2.24, 2.45) is 0 Å². The number of esters is 1. The van der Waals surface area contributed by atoms with Gasteiger partial charge in [0.15, 0.2) is 0 Å². The molecule has 0 saturated heterocycles. The number of carbonyl (C=O) groups is 2. The van der Waals surface area contributed by atoms with Crippen molar-refractivity contribution in [2.45, 2.75) is 45.8 Å². The van der Waals surface area contributed by atoms with Crippen molar-refractivity contribution >= 4 is 44.6 Å². The number of H-pyrrole nitrogens is 1. The second kappa shape index (κ2) is 8.65. The van der Waals surface area contributed by atoms with Gasteiger partial charge < -0.3 is 25.1 Å². The van der Waals surface area contributed by atoms with Crippen LogP contribution in [0.2, 0.25) is 0 Å². The summed E-state index contributed by atoms with van der Waals surface area (Å²) in [6.07, 6.45) is 1.45. The molecule has 0 aliphatic heterocycles. The summed E-state index contributed by atoms with van der Waals surface area (Å²) in [4.78, 5) is 27.8. The topological polar surface area (TPSA) is 92.5 Å². The third-order valence-corrected chi connectivity index (χ3v) is 4.24. The van der Waals surface area contributed by atoms with Gasteiger partial charge in [-0.2, -0.15) is 0 Å². The zero-order valence-corrected chi connectivity index (χ0v) is 17.8. The Bertz CT molecular complexity index is 826. The van der Waals surface area contributed by atoms with E-state index in [1.165, 1.54) is 0 Å². The first-order valence-electron chi connectivity index (χ1n) is 8.78. The number of aromatic nitrogens is 1. The van der Waals surface area contributed by atoms with Gasteiger partial charge in [-0.05, 0) is 45.4 Å². The molecule has 1 aromatic carbocycles. The number of rotatable bonds is 6. The van der Waals surface area contributed by atoms with Crippen molar-refractivity contribution in [3.8, 4) is 0 Å². The van der Waals surface area contributed by atoms with Crippen molar-refractivity contribution in [1.82, 2.24) is 10.3 Å². The monoisotopic (exact) mass is 439 g/mol. The van der Waals surface area contributed by atoms with Crippen molar-refractivity contribution in [3.63, 3.8) is 0 Å². The first-order chi connectivity index (χ1) is 12.6. The van der Waals surface area contributed by atoms with Gasteiger partial charge in [-0.25, -0.2) is 9.59 Å². The number of benzene rings is 1. The molecule has 0 bridgehead atoms. The van der Waals surface area contributed by atoms with Gasteiger partial charge in [0.1, 0.15) is 11.6 Å². The highest BCUT2D eigenvalue weighted by molar-refractivity contribution is 9.10. The number of nitrogens with one attached hydrogen (secondary N) is 3. The Balaban J connectivity index is 2.31. The molecule has 27 heavy (non-hydrogen) atoms. The van der Waals surface area contributed by atoms with Gasteiger partial charge >= 0.3 is 12.1 Å². The van der Waals surface area contributed by atoms with Crippen LogP contribution in [0.15, 0.2) is 22.8 Å². The Morgan fingerprint density at radius 2 is 2.00 bits per heavy atom. The summed E-state index contributed by atoms with van der Waals surface area (Å²) in [5, 5.41) is 6.75. The highest BCUT2D eigenvalue weighted by atomic mass is 79.9. The predicted octanol–water partition coefficient (Wildman–Crippen LogP) is 3.97. The van der Waals surface area contributed by atoms with Crippen LogP contribution in [-0.2, 0) is 20.7 Å². The van der Waals surface area contributed by atoms with E-state index in [0.717, 1.165) is 26.6 Å². The quantitative estimate of drug-likeness (QED) is 0.592. The lowest BCUT2D eigenvalue weighted by molar-refractivity contribution is -0.145. The van der Waals surface area contributed by atoms with Crippen LogP contribution in [-0.4, -0.2) is 42.3 Å². The average Bonchev–Trinajstić information content (AvgIpc) is 2.94. The zero-order valence-electron chi connectivity index (χ0n) is 16.2. The van der Waals surface area contributed by atoms with Crippen LogP contribution >= 0.6 is 15.9 Å². The van der Waals surface area contributed by atoms with Gasteiger partial charge in [-0.15, -0.1) is 0 Å². The molecular weight excluding hydrogens is 414 g/mol. The molecule has 7 nitrogen and oxygen atoms in total. The lowest BCUT2D eigenvalue weighted by atomic mass is 10.0. The summed E-state index contributed by atoms with van der Waals surface area (Å²) in [6.45, 7) is 7.26. The van der Waals surface area contributed by atoms with E-state index in [1.54, 1.807) is 27.7 Å². The number of fused-ring (bicyclic) bond motifs is 1. The van der Waals surface area contributed by atoms with Crippen LogP contribution in [0.3, 0.4) is 0 Å². The van der Waals surface area contributed by atoms with Crippen LogP contribution in [0.25, 0.3) is 10.9 Å². The van der Waals surface area contributed by atoms with Crippen molar-refractivity contribution in [3.05, 3.63) is 28.4 Å². The summed E-state index contributed by atoms with van der Waals surface area (Å²) >= 11 is 3.48. The third kappa shape index (κ3) is 5.63. The molecule has 148 valence electrons. The molecule has 0 aliphatic rings. The maximum absolute atomic E-state index is 12.4. The Labute approximate surface area is 167 Å². The molecule has 1 unspecified atom stereocenters. The van der Waals surface area contributed by atoms with Crippen LogP contribution in [0, 0.1) is 0 Å². The van der Waals surface area contributed by atoms with E-state index in [4.69, 9.17) is 9.47 Å². The minimum absolute atomic E-state index is 0.230. The molecule has 1 heterocycles. The molecule has 0 fully saturated rings. The molecule has 0 radical (unpaired) electrons. The fourth-order valence-corrected chi connectivity index (χ4v) is 3.23. The standard InChI is InChI=1S/C19H26BrN3O4/c1-6-26-17(24)15(23-18(25)27-19(2,3)4)7-11-10-22-14-9-12(20)8-13(21-5)16(11)14/h8-10,15,21-22H,6-7H2,1-5H3,(H,23,25). The van der Waals surface area contributed by atoms with Crippen LogP contribution in [0.1, 0.15) is 33.3 Å². The maximum Gasteiger partial charge on any atom is 0.408 e. The first kappa shape index (κ1) is 21.1. The minimum atomic E-state index is -0.854. The molecule has 1 amide bonds. The molecule has 1 aromatic heterocycles. The number of hydrogen-bond acceptors (Lipinski definition) is 5. The number of amides is 1. The highest BCUT2D eigenvalue weighted by Crippen LogP contribution is 2.31. The van der Waals surface area contributed by atoms with E-state index in [9.17, 15) is 9.59 Å². The molecule has 2 rings (SSSR count). The molecule has 0 aliphatic carbocycles. The van der Waals surface area contributed by atoms with E-state index in [2.05, 4.69) is 31.5 Å². The second-order valence-corrected chi connectivity index (χ2v) is 8.01. The van der Waals surface area contributed by atoms with Gasteiger partial charge in [-0.1, -0.05) is 15.9 Å². The van der Waals surface area contributed by atoms with E-state index in [1.807, 2.05) is 25.4 Å². The third-order valence-electron chi connectivity index (χ3n) is 3.78. The number of ether oxygens (including phenoxy) is 2. The first-order valence-corrected chi connectivity index (χ1v) is 9.57. The summed E-state index contributed by atoms with van der Waals surface area (Å²) in [7, 11) is 1.83. The largest absolute Gasteiger partial charge is 0.464 e. The van der Waals surface area contributed by atoms with Crippen molar-refractivity contribution in [2.75, 3.05) is 19.0 Å². The minimum Gasteiger partial charge on any atom is -0.464 e. The van der Waals surface area contributed by atoms with Crippen molar-refractivity contribution in [1.29, 1.82) is 0 Å². The highest BCUT2D eigenvalue weighted by Gasteiger charge is 2.27. The lowest BCUT2D eigenvalue weighted by Crippen LogP contribution is -2.45. The summed E-state index contributed by atoms with van der Waals surface area (Å²) in [5.74, 6) is -0.499. The fraction of sp³-hybridized carbons (Fsp3) is 0.474. The Kier molecular flexibility index (Phi) is 6.75. The fourth-order valence-electron chi connectivity index (χ4n) is 2.77.